The third-order valence-corrected chi connectivity index (χ3v) is 3.71. The summed E-state index contributed by atoms with van der Waals surface area (Å²) in [6, 6.07) is 6.14. The van der Waals surface area contributed by atoms with Crippen molar-refractivity contribution in [1.82, 2.24) is 0 Å². The summed E-state index contributed by atoms with van der Waals surface area (Å²) in [6.45, 7) is 0. The number of halogens is 1. The van der Waals surface area contributed by atoms with Gasteiger partial charge in [0.15, 0.2) is 5.75 Å². The molecule has 0 aliphatic rings. The lowest BCUT2D eigenvalue weighted by atomic mass is 10.2. The minimum atomic E-state index is 0.751. The molecule has 0 spiro atoms. The molecule has 0 aliphatic carbocycles. The molecule has 13 heavy (non-hydrogen) atoms. The van der Waals surface area contributed by atoms with Crippen molar-refractivity contribution in [2.75, 3.05) is 12.8 Å². The largest absolute Gasteiger partial charge is 0.493 e. The van der Waals surface area contributed by atoms with Gasteiger partial charge < -0.3 is 10.5 Å². The number of nitrogens with two attached hydrogens (primary N) is 1. The summed E-state index contributed by atoms with van der Waals surface area (Å²) in [6.07, 6.45) is 0. The number of fused-ring (bicyclic) bond motifs is 1. The molecule has 0 unspecified atom stereocenters. The fourth-order valence-corrected chi connectivity index (χ4v) is 3.19. The van der Waals surface area contributed by atoms with Gasteiger partial charge in [0.05, 0.1) is 12.5 Å². The van der Waals surface area contributed by atoms with Gasteiger partial charge in [0.2, 0.25) is 0 Å². The second kappa shape index (κ2) is 3.34. The first-order valence-electron chi connectivity index (χ1n) is 3.74. The SMILES string of the molecule is COc1c(N)sc2cccc(I)c12. The number of anilines is 1. The van der Waals surface area contributed by atoms with Gasteiger partial charge in [0.1, 0.15) is 5.00 Å². The van der Waals surface area contributed by atoms with E-state index >= 15 is 0 Å². The van der Waals surface area contributed by atoms with E-state index < -0.39 is 0 Å². The molecule has 0 saturated heterocycles. The summed E-state index contributed by atoms with van der Waals surface area (Å²) in [5.74, 6) is 0.810. The molecule has 2 aromatic rings. The first-order chi connectivity index (χ1) is 6.24. The third kappa shape index (κ3) is 1.38. The van der Waals surface area contributed by atoms with Crippen molar-refractivity contribution >= 4 is 49.0 Å². The zero-order valence-corrected chi connectivity index (χ0v) is 9.98. The van der Waals surface area contributed by atoms with Crippen molar-refractivity contribution in [3.05, 3.63) is 21.8 Å². The van der Waals surface area contributed by atoms with Gasteiger partial charge in [-0.1, -0.05) is 6.07 Å². The molecule has 0 bridgehead atoms. The minimum absolute atomic E-state index is 0.751. The maximum atomic E-state index is 5.82. The van der Waals surface area contributed by atoms with E-state index in [0.717, 1.165) is 16.1 Å². The zero-order valence-electron chi connectivity index (χ0n) is 7.00. The van der Waals surface area contributed by atoms with Crippen LogP contribution in [-0.4, -0.2) is 7.11 Å². The van der Waals surface area contributed by atoms with Crippen LogP contribution < -0.4 is 10.5 Å². The van der Waals surface area contributed by atoms with Crippen molar-refractivity contribution in [2.45, 2.75) is 0 Å². The van der Waals surface area contributed by atoms with Gasteiger partial charge >= 0.3 is 0 Å². The van der Waals surface area contributed by atoms with E-state index in [-0.39, 0.29) is 0 Å². The smallest absolute Gasteiger partial charge is 0.161 e. The highest BCUT2D eigenvalue weighted by atomic mass is 127. The standard InChI is InChI=1S/C9H8INOS/c1-12-8-7-5(10)3-2-4-6(7)13-9(8)11/h2-4H,11H2,1H3. The van der Waals surface area contributed by atoms with E-state index in [4.69, 9.17) is 10.5 Å². The van der Waals surface area contributed by atoms with Crippen molar-refractivity contribution in [3.63, 3.8) is 0 Å². The van der Waals surface area contributed by atoms with Crippen LogP contribution in [-0.2, 0) is 0 Å². The van der Waals surface area contributed by atoms with E-state index in [2.05, 4.69) is 34.7 Å². The Balaban J connectivity index is 2.88. The monoisotopic (exact) mass is 305 g/mol. The van der Waals surface area contributed by atoms with E-state index in [0.29, 0.717) is 0 Å². The average molecular weight is 305 g/mol. The molecule has 0 amide bonds. The summed E-state index contributed by atoms with van der Waals surface area (Å²) < 4.78 is 7.62. The van der Waals surface area contributed by atoms with Crippen LogP contribution in [0.2, 0.25) is 0 Å². The molecule has 2 nitrogen and oxygen atoms in total. The van der Waals surface area contributed by atoms with Crippen molar-refractivity contribution in [2.24, 2.45) is 0 Å². The summed E-state index contributed by atoms with van der Waals surface area (Å²) >= 11 is 3.86. The van der Waals surface area contributed by atoms with Crippen LogP contribution in [0, 0.1) is 3.57 Å². The van der Waals surface area contributed by atoms with Crippen LogP contribution in [0.5, 0.6) is 5.75 Å². The number of nitrogen functional groups attached to an aromatic ring is 1. The van der Waals surface area contributed by atoms with Crippen LogP contribution in [0.25, 0.3) is 10.1 Å². The molecular formula is C9H8INOS. The highest BCUT2D eigenvalue weighted by molar-refractivity contribution is 14.1. The molecule has 0 atom stereocenters. The van der Waals surface area contributed by atoms with Gasteiger partial charge in [0, 0.05) is 8.27 Å². The maximum absolute atomic E-state index is 5.82. The second-order valence-electron chi connectivity index (χ2n) is 2.61. The van der Waals surface area contributed by atoms with Crippen LogP contribution in [0.1, 0.15) is 0 Å². The second-order valence-corrected chi connectivity index (χ2v) is 4.86. The molecule has 68 valence electrons. The number of ether oxygens (including phenoxy) is 1. The van der Waals surface area contributed by atoms with Gasteiger partial charge in [0.25, 0.3) is 0 Å². The minimum Gasteiger partial charge on any atom is -0.493 e. The highest BCUT2D eigenvalue weighted by Crippen LogP contribution is 2.41. The Morgan fingerprint density at radius 1 is 1.46 bits per heavy atom. The van der Waals surface area contributed by atoms with Crippen LogP contribution >= 0.6 is 33.9 Å². The molecule has 4 heteroatoms. The van der Waals surface area contributed by atoms with Gasteiger partial charge in [-0.15, -0.1) is 11.3 Å². The molecule has 0 radical (unpaired) electrons. The molecule has 1 heterocycles. The quantitative estimate of drug-likeness (QED) is 0.822. The molecule has 0 aliphatic heterocycles. The van der Waals surface area contributed by atoms with Gasteiger partial charge in [-0.25, -0.2) is 0 Å². The summed E-state index contributed by atoms with van der Waals surface area (Å²) in [5.41, 5.74) is 5.82. The Morgan fingerprint density at radius 3 is 2.92 bits per heavy atom. The number of methoxy groups -OCH3 is 1. The molecule has 2 N–H and O–H groups in total. The lowest BCUT2D eigenvalue weighted by molar-refractivity contribution is 0.423. The lowest BCUT2D eigenvalue weighted by Gasteiger charge is -1.99. The number of hydrogen-bond donors (Lipinski definition) is 1. The van der Waals surface area contributed by atoms with Crippen LogP contribution in [0.15, 0.2) is 18.2 Å². The van der Waals surface area contributed by atoms with E-state index in [1.807, 2.05) is 6.07 Å². The van der Waals surface area contributed by atoms with Gasteiger partial charge in [-0.2, -0.15) is 0 Å². The highest BCUT2D eigenvalue weighted by Gasteiger charge is 2.11. The first kappa shape index (κ1) is 9.08. The Hall–Kier alpha value is -0.490. The fraction of sp³-hybridized carbons (Fsp3) is 0.111. The summed E-state index contributed by atoms with van der Waals surface area (Å²) in [5, 5.41) is 1.88. The molecular weight excluding hydrogens is 297 g/mol. The van der Waals surface area contributed by atoms with E-state index in [1.54, 1.807) is 18.4 Å². The van der Waals surface area contributed by atoms with E-state index in [1.165, 1.54) is 8.27 Å². The molecule has 1 aromatic carbocycles. The topological polar surface area (TPSA) is 35.2 Å². The molecule has 2 rings (SSSR count). The summed E-state index contributed by atoms with van der Waals surface area (Å²) in [4.78, 5) is 0. The Labute approximate surface area is 93.8 Å². The number of thiophene rings is 1. The van der Waals surface area contributed by atoms with Crippen molar-refractivity contribution in [3.8, 4) is 5.75 Å². The van der Waals surface area contributed by atoms with Crippen molar-refractivity contribution in [1.29, 1.82) is 0 Å². The third-order valence-electron chi connectivity index (χ3n) is 1.85. The molecule has 0 saturated carbocycles. The Morgan fingerprint density at radius 2 is 2.23 bits per heavy atom. The zero-order chi connectivity index (χ0) is 9.42. The Kier molecular flexibility index (Phi) is 2.33. The molecule has 1 aromatic heterocycles. The number of benzene rings is 1. The normalized spacial score (nSPS) is 10.6. The van der Waals surface area contributed by atoms with E-state index in [9.17, 15) is 0 Å². The average Bonchev–Trinajstić information content (AvgIpc) is 2.42. The number of rotatable bonds is 1. The lowest BCUT2D eigenvalue weighted by Crippen LogP contribution is -1.87. The van der Waals surface area contributed by atoms with Crippen LogP contribution in [0.3, 0.4) is 0 Å². The predicted molar refractivity (Wildman–Crippen MR) is 65.5 cm³/mol. The van der Waals surface area contributed by atoms with Crippen molar-refractivity contribution < 1.29 is 4.74 Å². The van der Waals surface area contributed by atoms with Crippen LogP contribution in [0.4, 0.5) is 5.00 Å². The predicted octanol–water partition coefficient (Wildman–Crippen LogP) is 3.10. The maximum Gasteiger partial charge on any atom is 0.161 e. The van der Waals surface area contributed by atoms with Gasteiger partial charge in [-0.05, 0) is 34.7 Å². The summed E-state index contributed by atoms with van der Waals surface area (Å²) in [7, 11) is 1.65. The molecule has 0 fully saturated rings. The first-order valence-corrected chi connectivity index (χ1v) is 5.64. The van der Waals surface area contributed by atoms with Gasteiger partial charge in [-0.3, -0.25) is 0 Å². The Bertz CT molecular complexity index is 452. The number of hydrogen-bond acceptors (Lipinski definition) is 3. The fourth-order valence-electron chi connectivity index (χ4n) is 1.30.